The second-order valence-corrected chi connectivity index (χ2v) is 5.84. The average molecular weight is 262 g/mol. The molecule has 1 aliphatic rings. The van der Waals surface area contributed by atoms with Crippen molar-refractivity contribution >= 4 is 5.69 Å². The molecule has 0 amide bonds. The summed E-state index contributed by atoms with van der Waals surface area (Å²) in [6.07, 6.45) is 5.41. The van der Waals surface area contributed by atoms with Crippen molar-refractivity contribution in [2.45, 2.75) is 19.3 Å². The van der Waals surface area contributed by atoms with Gasteiger partial charge in [-0.15, -0.1) is 0 Å². The Bertz CT molecular complexity index is 368. The molecule has 1 fully saturated rings. The molecule has 0 bridgehead atoms. The normalized spacial score (nSPS) is 18.1. The van der Waals surface area contributed by atoms with Crippen LogP contribution in [0.1, 0.15) is 18.5 Å². The number of aromatic nitrogens is 1. The molecule has 19 heavy (non-hydrogen) atoms. The summed E-state index contributed by atoms with van der Waals surface area (Å²) >= 11 is 0. The standard InChI is InChI=1S/C15H26N4/c1-18-8-5-13(6-9-18)12-19(2)10-7-15-4-3-14(16)11-17-15/h3-4,11,13H,5-10,12,16H2,1-2H3. The number of rotatable bonds is 5. The number of likely N-dealkylation sites (N-methyl/N-ethyl adjacent to an activating group) is 1. The van der Waals surface area contributed by atoms with Crippen molar-refractivity contribution in [3.63, 3.8) is 0 Å². The monoisotopic (exact) mass is 262 g/mol. The molecule has 1 aromatic rings. The summed E-state index contributed by atoms with van der Waals surface area (Å²) in [5.74, 6) is 0.862. The summed E-state index contributed by atoms with van der Waals surface area (Å²) in [5, 5.41) is 0. The van der Waals surface area contributed by atoms with Crippen molar-refractivity contribution < 1.29 is 0 Å². The van der Waals surface area contributed by atoms with Gasteiger partial charge in [-0.2, -0.15) is 0 Å². The minimum absolute atomic E-state index is 0.739. The quantitative estimate of drug-likeness (QED) is 0.873. The first kappa shape index (κ1) is 14.3. The predicted molar refractivity (Wildman–Crippen MR) is 80.1 cm³/mol. The van der Waals surface area contributed by atoms with Gasteiger partial charge >= 0.3 is 0 Å². The Morgan fingerprint density at radius 2 is 2.11 bits per heavy atom. The molecule has 0 unspecified atom stereocenters. The van der Waals surface area contributed by atoms with Crippen LogP contribution >= 0.6 is 0 Å². The van der Waals surface area contributed by atoms with Gasteiger partial charge in [0.05, 0.1) is 11.9 Å². The van der Waals surface area contributed by atoms with E-state index in [1.165, 1.54) is 32.5 Å². The molecule has 1 aliphatic heterocycles. The highest BCUT2D eigenvalue weighted by atomic mass is 15.1. The van der Waals surface area contributed by atoms with Crippen LogP contribution in [0, 0.1) is 5.92 Å². The minimum Gasteiger partial charge on any atom is -0.397 e. The van der Waals surface area contributed by atoms with Gasteiger partial charge in [0, 0.05) is 25.2 Å². The number of nitrogens with zero attached hydrogens (tertiary/aromatic N) is 3. The molecule has 4 nitrogen and oxygen atoms in total. The van der Waals surface area contributed by atoms with Gasteiger partial charge in [0.2, 0.25) is 0 Å². The molecule has 106 valence electrons. The van der Waals surface area contributed by atoms with Crippen molar-refractivity contribution in [2.24, 2.45) is 5.92 Å². The van der Waals surface area contributed by atoms with Crippen molar-refractivity contribution in [2.75, 3.05) is 46.0 Å². The maximum atomic E-state index is 5.64. The van der Waals surface area contributed by atoms with Gasteiger partial charge in [0.1, 0.15) is 0 Å². The van der Waals surface area contributed by atoms with Gasteiger partial charge in [-0.3, -0.25) is 4.98 Å². The van der Waals surface area contributed by atoms with E-state index in [0.717, 1.165) is 30.3 Å². The van der Waals surface area contributed by atoms with Crippen LogP contribution in [0.25, 0.3) is 0 Å². The zero-order valence-electron chi connectivity index (χ0n) is 12.2. The molecular formula is C15H26N4. The van der Waals surface area contributed by atoms with Crippen molar-refractivity contribution in [3.8, 4) is 0 Å². The van der Waals surface area contributed by atoms with Gasteiger partial charge < -0.3 is 15.5 Å². The van der Waals surface area contributed by atoms with Crippen LogP contribution in [0.15, 0.2) is 18.3 Å². The van der Waals surface area contributed by atoms with E-state index in [1.54, 1.807) is 6.20 Å². The Hall–Kier alpha value is -1.13. The van der Waals surface area contributed by atoms with E-state index in [4.69, 9.17) is 5.73 Å². The minimum atomic E-state index is 0.739. The van der Waals surface area contributed by atoms with E-state index in [2.05, 4.69) is 28.9 Å². The highest BCUT2D eigenvalue weighted by Gasteiger charge is 2.17. The molecule has 4 heteroatoms. The fourth-order valence-corrected chi connectivity index (χ4v) is 2.67. The molecule has 0 atom stereocenters. The van der Waals surface area contributed by atoms with E-state index >= 15 is 0 Å². The van der Waals surface area contributed by atoms with E-state index < -0.39 is 0 Å². The number of pyridine rings is 1. The highest BCUT2D eigenvalue weighted by Crippen LogP contribution is 2.16. The Morgan fingerprint density at radius 1 is 1.37 bits per heavy atom. The van der Waals surface area contributed by atoms with Crippen molar-refractivity contribution in [1.29, 1.82) is 0 Å². The maximum absolute atomic E-state index is 5.64. The van der Waals surface area contributed by atoms with Crippen LogP contribution < -0.4 is 5.73 Å². The first-order valence-corrected chi connectivity index (χ1v) is 7.21. The number of nitrogen functional groups attached to an aromatic ring is 1. The Balaban J connectivity index is 1.69. The summed E-state index contributed by atoms with van der Waals surface area (Å²) in [5.41, 5.74) is 7.51. The number of nitrogens with two attached hydrogens (primary N) is 1. The average Bonchev–Trinajstić information content (AvgIpc) is 2.41. The Kier molecular flexibility index (Phi) is 5.16. The second-order valence-electron chi connectivity index (χ2n) is 5.84. The first-order chi connectivity index (χ1) is 9.13. The van der Waals surface area contributed by atoms with E-state index in [9.17, 15) is 0 Å². The van der Waals surface area contributed by atoms with E-state index in [0.29, 0.717) is 0 Å². The summed E-state index contributed by atoms with van der Waals surface area (Å²) in [6, 6.07) is 3.96. The molecule has 2 rings (SSSR count). The lowest BCUT2D eigenvalue weighted by atomic mass is 9.96. The van der Waals surface area contributed by atoms with Crippen molar-refractivity contribution in [3.05, 3.63) is 24.0 Å². The molecule has 1 saturated heterocycles. The van der Waals surface area contributed by atoms with Gasteiger partial charge in [-0.1, -0.05) is 0 Å². The van der Waals surface area contributed by atoms with Gasteiger partial charge in [0.25, 0.3) is 0 Å². The van der Waals surface area contributed by atoms with Crippen molar-refractivity contribution in [1.82, 2.24) is 14.8 Å². The molecule has 0 spiro atoms. The van der Waals surface area contributed by atoms with Crippen LogP contribution in [-0.2, 0) is 6.42 Å². The van der Waals surface area contributed by atoms with Gasteiger partial charge in [0.15, 0.2) is 0 Å². The fraction of sp³-hybridized carbons (Fsp3) is 0.667. The molecule has 0 aromatic carbocycles. The third kappa shape index (κ3) is 4.80. The zero-order valence-corrected chi connectivity index (χ0v) is 12.2. The Labute approximate surface area is 116 Å². The topological polar surface area (TPSA) is 45.4 Å². The number of anilines is 1. The summed E-state index contributed by atoms with van der Waals surface area (Å²) < 4.78 is 0. The number of hydrogen-bond donors (Lipinski definition) is 1. The number of hydrogen-bond acceptors (Lipinski definition) is 4. The smallest absolute Gasteiger partial charge is 0.0501 e. The van der Waals surface area contributed by atoms with Gasteiger partial charge in [-0.25, -0.2) is 0 Å². The van der Waals surface area contributed by atoms with Crippen LogP contribution in [-0.4, -0.2) is 55.1 Å². The molecule has 1 aromatic heterocycles. The van der Waals surface area contributed by atoms with Crippen LogP contribution in [0.3, 0.4) is 0 Å². The third-order valence-electron chi connectivity index (χ3n) is 4.01. The lowest BCUT2D eigenvalue weighted by Crippen LogP contribution is -2.36. The molecule has 0 aliphatic carbocycles. The number of likely N-dealkylation sites (tertiary alicyclic amines) is 1. The zero-order chi connectivity index (χ0) is 13.7. The van der Waals surface area contributed by atoms with Crippen LogP contribution in [0.2, 0.25) is 0 Å². The first-order valence-electron chi connectivity index (χ1n) is 7.21. The predicted octanol–water partition coefficient (Wildman–Crippen LogP) is 1.48. The third-order valence-corrected chi connectivity index (χ3v) is 4.01. The largest absolute Gasteiger partial charge is 0.397 e. The molecule has 0 saturated carbocycles. The number of piperidine rings is 1. The van der Waals surface area contributed by atoms with Crippen LogP contribution in [0.4, 0.5) is 5.69 Å². The maximum Gasteiger partial charge on any atom is 0.0501 e. The van der Waals surface area contributed by atoms with Crippen LogP contribution in [0.5, 0.6) is 0 Å². The highest BCUT2D eigenvalue weighted by molar-refractivity contribution is 5.34. The molecule has 0 radical (unpaired) electrons. The molecular weight excluding hydrogens is 236 g/mol. The second kappa shape index (κ2) is 6.87. The van der Waals surface area contributed by atoms with E-state index in [-0.39, 0.29) is 0 Å². The molecule has 2 heterocycles. The summed E-state index contributed by atoms with van der Waals surface area (Å²) in [4.78, 5) is 9.21. The fourth-order valence-electron chi connectivity index (χ4n) is 2.67. The molecule has 2 N–H and O–H groups in total. The van der Waals surface area contributed by atoms with E-state index in [1.807, 2.05) is 12.1 Å². The summed E-state index contributed by atoms with van der Waals surface area (Å²) in [6.45, 7) is 4.78. The summed E-state index contributed by atoms with van der Waals surface area (Å²) in [7, 11) is 4.43. The lowest BCUT2D eigenvalue weighted by Gasteiger charge is -2.31. The van der Waals surface area contributed by atoms with Gasteiger partial charge in [-0.05, 0) is 58.1 Å². The SMILES string of the molecule is CN1CCC(CN(C)CCc2ccc(N)cn2)CC1. The Morgan fingerprint density at radius 3 is 2.74 bits per heavy atom. The lowest BCUT2D eigenvalue weighted by molar-refractivity contribution is 0.177.